The van der Waals surface area contributed by atoms with Gasteiger partial charge in [-0.3, -0.25) is 0 Å². The van der Waals surface area contributed by atoms with E-state index in [9.17, 15) is 4.39 Å². The molecule has 0 aromatic heterocycles. The van der Waals surface area contributed by atoms with E-state index in [1.165, 1.54) is 6.07 Å². The molecule has 1 aromatic carbocycles. The van der Waals surface area contributed by atoms with E-state index in [1.807, 2.05) is 19.9 Å². The molecule has 0 bridgehead atoms. The van der Waals surface area contributed by atoms with Crippen LogP contribution in [0.3, 0.4) is 0 Å². The van der Waals surface area contributed by atoms with Crippen molar-refractivity contribution in [2.24, 2.45) is 5.73 Å². The van der Waals surface area contributed by atoms with Gasteiger partial charge in [-0.05, 0) is 38.0 Å². The van der Waals surface area contributed by atoms with Crippen LogP contribution in [0.4, 0.5) is 4.39 Å². The summed E-state index contributed by atoms with van der Waals surface area (Å²) in [6.07, 6.45) is 0.809. The first-order valence-corrected chi connectivity index (χ1v) is 5.54. The van der Waals surface area contributed by atoms with Crippen molar-refractivity contribution in [1.82, 2.24) is 0 Å². The maximum Gasteiger partial charge on any atom is 0.123 e. The Kier molecular flexibility index (Phi) is 2.76. The van der Waals surface area contributed by atoms with Gasteiger partial charge in [0.1, 0.15) is 5.82 Å². The standard InChI is InChI=1S/C13H18FNO/c1-12(2,15)7-13(8-16-9-13)10-4-3-5-11(14)6-10/h3-6H,7-9,15H2,1-2H3. The minimum Gasteiger partial charge on any atom is -0.379 e. The predicted octanol–water partition coefficient (Wildman–Crippen LogP) is 2.22. The number of nitrogens with two attached hydrogens (primary N) is 1. The summed E-state index contributed by atoms with van der Waals surface area (Å²) in [5, 5.41) is 0. The highest BCUT2D eigenvalue weighted by molar-refractivity contribution is 5.29. The molecule has 2 rings (SSSR count). The zero-order chi connectivity index (χ0) is 11.8. The summed E-state index contributed by atoms with van der Waals surface area (Å²) in [5.41, 5.74) is 6.69. The van der Waals surface area contributed by atoms with Crippen molar-refractivity contribution in [1.29, 1.82) is 0 Å². The highest BCUT2D eigenvalue weighted by Crippen LogP contribution is 2.38. The lowest BCUT2D eigenvalue weighted by Crippen LogP contribution is -2.53. The molecule has 16 heavy (non-hydrogen) atoms. The van der Waals surface area contributed by atoms with Gasteiger partial charge in [-0.1, -0.05) is 12.1 Å². The Balaban J connectivity index is 2.28. The van der Waals surface area contributed by atoms with E-state index in [0.717, 1.165) is 12.0 Å². The minimum absolute atomic E-state index is 0.0969. The van der Waals surface area contributed by atoms with Crippen molar-refractivity contribution >= 4 is 0 Å². The molecule has 0 atom stereocenters. The van der Waals surface area contributed by atoms with E-state index in [0.29, 0.717) is 13.2 Å². The Hall–Kier alpha value is -0.930. The summed E-state index contributed by atoms with van der Waals surface area (Å²) in [7, 11) is 0. The fourth-order valence-electron chi connectivity index (χ4n) is 2.41. The SMILES string of the molecule is CC(C)(N)CC1(c2cccc(F)c2)COC1. The normalized spacial score (nSPS) is 19.2. The summed E-state index contributed by atoms with van der Waals surface area (Å²) in [6, 6.07) is 6.75. The molecule has 1 saturated heterocycles. The first-order valence-electron chi connectivity index (χ1n) is 5.54. The molecule has 2 nitrogen and oxygen atoms in total. The van der Waals surface area contributed by atoms with E-state index in [2.05, 4.69) is 0 Å². The highest BCUT2D eigenvalue weighted by Gasteiger charge is 2.43. The van der Waals surface area contributed by atoms with Gasteiger partial charge in [-0.15, -0.1) is 0 Å². The van der Waals surface area contributed by atoms with Crippen molar-refractivity contribution in [3.8, 4) is 0 Å². The quantitative estimate of drug-likeness (QED) is 0.852. The van der Waals surface area contributed by atoms with Gasteiger partial charge < -0.3 is 10.5 Å². The Morgan fingerprint density at radius 1 is 1.44 bits per heavy atom. The number of hydrogen-bond donors (Lipinski definition) is 1. The van der Waals surface area contributed by atoms with Gasteiger partial charge in [-0.25, -0.2) is 4.39 Å². The summed E-state index contributed by atoms with van der Waals surface area (Å²) in [5.74, 6) is -0.196. The number of halogens is 1. The first-order chi connectivity index (χ1) is 7.41. The molecule has 1 heterocycles. The largest absolute Gasteiger partial charge is 0.379 e. The van der Waals surface area contributed by atoms with Crippen LogP contribution in [0.15, 0.2) is 24.3 Å². The van der Waals surface area contributed by atoms with Gasteiger partial charge in [0.2, 0.25) is 0 Å². The number of hydrogen-bond acceptors (Lipinski definition) is 2. The van der Waals surface area contributed by atoms with Crippen molar-refractivity contribution in [3.63, 3.8) is 0 Å². The number of ether oxygens (including phenoxy) is 1. The van der Waals surface area contributed by atoms with Crippen LogP contribution in [0, 0.1) is 5.82 Å². The predicted molar refractivity (Wildman–Crippen MR) is 61.8 cm³/mol. The molecule has 0 unspecified atom stereocenters. The van der Waals surface area contributed by atoms with Crippen molar-refractivity contribution in [3.05, 3.63) is 35.6 Å². The van der Waals surface area contributed by atoms with Crippen molar-refractivity contribution < 1.29 is 9.13 Å². The zero-order valence-electron chi connectivity index (χ0n) is 9.79. The zero-order valence-corrected chi connectivity index (χ0v) is 9.79. The van der Waals surface area contributed by atoms with Crippen LogP contribution in [0.25, 0.3) is 0 Å². The fraction of sp³-hybridized carbons (Fsp3) is 0.538. The molecular formula is C13H18FNO. The molecule has 0 aliphatic carbocycles. The second-order valence-electron chi connectivity index (χ2n) is 5.45. The van der Waals surface area contributed by atoms with E-state index in [-0.39, 0.29) is 16.8 Å². The van der Waals surface area contributed by atoms with Crippen LogP contribution in [0.1, 0.15) is 25.8 Å². The number of rotatable bonds is 3. The molecule has 1 fully saturated rings. The molecular weight excluding hydrogens is 205 g/mol. The van der Waals surface area contributed by atoms with Crippen LogP contribution < -0.4 is 5.73 Å². The molecule has 0 saturated carbocycles. The monoisotopic (exact) mass is 223 g/mol. The van der Waals surface area contributed by atoms with E-state index < -0.39 is 0 Å². The molecule has 0 amide bonds. The molecule has 3 heteroatoms. The lowest BCUT2D eigenvalue weighted by atomic mass is 9.71. The van der Waals surface area contributed by atoms with E-state index in [4.69, 9.17) is 10.5 Å². The van der Waals surface area contributed by atoms with Crippen LogP contribution >= 0.6 is 0 Å². The Morgan fingerprint density at radius 2 is 2.12 bits per heavy atom. The van der Waals surface area contributed by atoms with Crippen molar-refractivity contribution in [2.75, 3.05) is 13.2 Å². The third-order valence-electron chi connectivity index (χ3n) is 2.99. The van der Waals surface area contributed by atoms with Crippen LogP contribution in [-0.4, -0.2) is 18.8 Å². The Bertz CT molecular complexity index is 380. The van der Waals surface area contributed by atoms with Gasteiger partial charge in [0.15, 0.2) is 0 Å². The lowest BCUT2D eigenvalue weighted by Gasteiger charge is -2.45. The Labute approximate surface area is 95.6 Å². The van der Waals surface area contributed by atoms with E-state index in [1.54, 1.807) is 12.1 Å². The third kappa shape index (κ3) is 2.25. The Morgan fingerprint density at radius 3 is 2.56 bits per heavy atom. The maximum atomic E-state index is 13.2. The van der Waals surface area contributed by atoms with Crippen molar-refractivity contribution in [2.45, 2.75) is 31.2 Å². The number of benzene rings is 1. The average molecular weight is 223 g/mol. The molecule has 0 radical (unpaired) electrons. The second-order valence-corrected chi connectivity index (χ2v) is 5.45. The highest BCUT2D eigenvalue weighted by atomic mass is 19.1. The topological polar surface area (TPSA) is 35.2 Å². The average Bonchev–Trinajstić information content (AvgIpc) is 2.10. The van der Waals surface area contributed by atoms with Gasteiger partial charge in [-0.2, -0.15) is 0 Å². The smallest absolute Gasteiger partial charge is 0.123 e. The van der Waals surface area contributed by atoms with Crippen LogP contribution in [0.5, 0.6) is 0 Å². The summed E-state index contributed by atoms with van der Waals surface area (Å²) in [4.78, 5) is 0. The molecule has 88 valence electrons. The van der Waals surface area contributed by atoms with Gasteiger partial charge >= 0.3 is 0 Å². The lowest BCUT2D eigenvalue weighted by molar-refractivity contribution is -0.0720. The van der Waals surface area contributed by atoms with E-state index >= 15 is 0 Å². The molecule has 0 spiro atoms. The minimum atomic E-state index is -0.268. The van der Waals surface area contributed by atoms with Crippen LogP contribution in [-0.2, 0) is 10.2 Å². The second kappa shape index (κ2) is 3.82. The summed E-state index contributed by atoms with van der Waals surface area (Å²) < 4.78 is 18.5. The molecule has 2 N–H and O–H groups in total. The molecule has 1 aliphatic rings. The van der Waals surface area contributed by atoms with Gasteiger partial charge in [0.05, 0.1) is 13.2 Å². The van der Waals surface area contributed by atoms with Gasteiger partial charge in [0.25, 0.3) is 0 Å². The molecule has 1 aliphatic heterocycles. The maximum absolute atomic E-state index is 13.2. The van der Waals surface area contributed by atoms with Gasteiger partial charge in [0, 0.05) is 11.0 Å². The summed E-state index contributed by atoms with van der Waals surface area (Å²) >= 11 is 0. The summed E-state index contributed by atoms with van der Waals surface area (Å²) in [6.45, 7) is 5.26. The molecule has 1 aromatic rings. The first kappa shape index (κ1) is 11.6. The van der Waals surface area contributed by atoms with Crippen LogP contribution in [0.2, 0.25) is 0 Å². The fourth-order valence-corrected chi connectivity index (χ4v) is 2.41. The third-order valence-corrected chi connectivity index (χ3v) is 2.99.